The Morgan fingerprint density at radius 2 is 1.82 bits per heavy atom. The van der Waals surface area contributed by atoms with Gasteiger partial charge in [-0.2, -0.15) is 0 Å². The van der Waals surface area contributed by atoms with Crippen LogP contribution in [0, 0.1) is 5.92 Å². The molecule has 1 fully saturated rings. The molecule has 2 aromatic rings. The molecule has 0 aromatic heterocycles. The van der Waals surface area contributed by atoms with E-state index in [0.717, 1.165) is 31.0 Å². The Kier molecular flexibility index (Phi) is 5.66. The van der Waals surface area contributed by atoms with Crippen molar-refractivity contribution in [2.24, 2.45) is 10.9 Å². The predicted molar refractivity (Wildman–Crippen MR) is 129 cm³/mol. The Labute approximate surface area is 198 Å². The molecular formula is C25H27ClN5O2+. The van der Waals surface area contributed by atoms with Gasteiger partial charge in [0.05, 0.1) is 13.1 Å². The third-order valence-corrected chi connectivity index (χ3v) is 6.71. The average molecular weight is 465 g/mol. The largest absolute Gasteiger partial charge is 0.397 e. The zero-order chi connectivity index (χ0) is 23.1. The highest BCUT2D eigenvalue weighted by molar-refractivity contribution is 6.30. The Morgan fingerprint density at radius 3 is 2.55 bits per heavy atom. The Balaban J connectivity index is 1.41. The van der Waals surface area contributed by atoms with Gasteiger partial charge in [-0.3, -0.25) is 14.6 Å². The van der Waals surface area contributed by atoms with Crippen molar-refractivity contribution in [3.05, 3.63) is 65.2 Å². The number of nitrogens with zero attached hydrogens (tertiary/aromatic N) is 5. The van der Waals surface area contributed by atoms with Crippen molar-refractivity contribution in [2.75, 3.05) is 31.6 Å². The number of guanidine groups is 1. The number of imide groups is 1. The summed E-state index contributed by atoms with van der Waals surface area (Å²) in [6.07, 6.45) is 1.54. The van der Waals surface area contributed by atoms with E-state index in [2.05, 4.69) is 24.0 Å². The summed E-state index contributed by atoms with van der Waals surface area (Å²) in [5.74, 6) is 1.35. The number of hydrogen-bond donors (Lipinski definition) is 0. The summed E-state index contributed by atoms with van der Waals surface area (Å²) in [4.78, 5) is 36.5. The van der Waals surface area contributed by atoms with Gasteiger partial charge in [0.2, 0.25) is 11.9 Å². The first-order chi connectivity index (χ1) is 15.9. The standard InChI is InChI=1S/C25H27ClN5O2/c1-17-15-30(20-12-10-19(26)11-13-20)24-27-22-21(31(24)16-17)23(32)29(25(33)28(22)2)14-6-9-18-7-4-3-5-8-18/h3-5,7-8,10-13,17,21H,6,9,14-16H2,1-2H3/q+1. The van der Waals surface area contributed by atoms with Crippen LogP contribution < -0.4 is 4.90 Å². The molecule has 3 aliphatic heterocycles. The molecule has 3 heterocycles. The van der Waals surface area contributed by atoms with Gasteiger partial charge in [-0.1, -0.05) is 53.8 Å². The summed E-state index contributed by atoms with van der Waals surface area (Å²) in [5.41, 5.74) is 2.17. The van der Waals surface area contributed by atoms with Crippen LogP contribution in [0.15, 0.2) is 59.6 Å². The lowest BCUT2D eigenvalue weighted by molar-refractivity contribution is -0.545. The van der Waals surface area contributed by atoms with Gasteiger partial charge in [0.25, 0.3) is 5.91 Å². The topological polar surface area (TPSA) is 59.2 Å². The highest BCUT2D eigenvalue weighted by atomic mass is 35.5. The average Bonchev–Trinajstić information content (AvgIpc) is 3.20. The van der Waals surface area contributed by atoms with E-state index >= 15 is 0 Å². The zero-order valence-electron chi connectivity index (χ0n) is 18.8. The molecule has 3 aliphatic rings. The molecule has 33 heavy (non-hydrogen) atoms. The molecule has 2 aromatic carbocycles. The van der Waals surface area contributed by atoms with Crippen LogP contribution in [-0.2, 0) is 11.2 Å². The second-order valence-corrected chi connectivity index (χ2v) is 9.37. The van der Waals surface area contributed by atoms with Gasteiger partial charge in [0.15, 0.2) is 0 Å². The van der Waals surface area contributed by atoms with E-state index in [1.165, 1.54) is 15.4 Å². The van der Waals surface area contributed by atoms with Crippen molar-refractivity contribution < 1.29 is 14.2 Å². The lowest BCUT2D eigenvalue weighted by Gasteiger charge is -2.35. The number of carbonyl (C=O) groups excluding carboxylic acids is 2. The number of anilines is 1. The van der Waals surface area contributed by atoms with Crippen LogP contribution in [0.4, 0.5) is 10.5 Å². The normalized spacial score (nSPS) is 22.5. The van der Waals surface area contributed by atoms with E-state index < -0.39 is 6.04 Å². The molecule has 8 heteroatoms. The smallest absolute Gasteiger partial charge is 0.270 e. The fourth-order valence-electron chi connectivity index (χ4n) is 4.83. The van der Waals surface area contributed by atoms with E-state index in [0.29, 0.717) is 29.9 Å². The minimum Gasteiger partial charge on any atom is -0.270 e. The molecule has 2 unspecified atom stereocenters. The number of amidine groups is 1. The lowest BCUT2D eigenvalue weighted by atomic mass is 10.1. The first-order valence-corrected chi connectivity index (χ1v) is 11.7. The number of rotatable bonds is 5. The molecule has 2 atom stereocenters. The maximum absolute atomic E-state index is 13.6. The van der Waals surface area contributed by atoms with Crippen LogP contribution in [0.5, 0.6) is 0 Å². The number of fused-ring (bicyclic) bond motifs is 2. The number of aryl methyl sites for hydroxylation is 1. The quantitative estimate of drug-likeness (QED) is 0.636. The summed E-state index contributed by atoms with van der Waals surface area (Å²) >= 11 is 6.08. The van der Waals surface area contributed by atoms with Crippen molar-refractivity contribution in [2.45, 2.75) is 25.8 Å². The summed E-state index contributed by atoms with van der Waals surface area (Å²) in [7, 11) is 1.71. The molecular weight excluding hydrogens is 438 g/mol. The number of amides is 3. The van der Waals surface area contributed by atoms with E-state index in [1.54, 1.807) is 7.05 Å². The van der Waals surface area contributed by atoms with Gasteiger partial charge in [-0.15, -0.1) is 0 Å². The molecule has 0 radical (unpaired) electrons. The van der Waals surface area contributed by atoms with Crippen LogP contribution >= 0.6 is 11.6 Å². The monoisotopic (exact) mass is 464 g/mol. The number of aliphatic imine (C=N–C) groups is 1. The SMILES string of the molecule is CC1CN(c2ccc(Cl)cc2)C2=[N+](C1)C1C(=O)N(CCCc3ccccc3)C(=O)N(C)C1=N2. The maximum atomic E-state index is 13.6. The first-order valence-electron chi connectivity index (χ1n) is 11.3. The van der Waals surface area contributed by atoms with Crippen LogP contribution in [0.3, 0.4) is 0 Å². The van der Waals surface area contributed by atoms with E-state index in [-0.39, 0.29) is 11.9 Å². The van der Waals surface area contributed by atoms with Crippen LogP contribution in [0.2, 0.25) is 5.02 Å². The van der Waals surface area contributed by atoms with Crippen LogP contribution in [0.1, 0.15) is 18.9 Å². The van der Waals surface area contributed by atoms with Crippen molar-refractivity contribution in [3.8, 4) is 0 Å². The Bertz CT molecular complexity index is 1150. The minimum atomic E-state index is -0.572. The fraction of sp³-hybridized carbons (Fsp3) is 0.360. The molecule has 5 rings (SSSR count). The van der Waals surface area contributed by atoms with Gasteiger partial charge in [0, 0.05) is 24.5 Å². The van der Waals surface area contributed by atoms with Crippen molar-refractivity contribution in [3.63, 3.8) is 0 Å². The number of urea groups is 1. The van der Waals surface area contributed by atoms with Gasteiger partial charge >= 0.3 is 12.0 Å². The second-order valence-electron chi connectivity index (χ2n) is 8.94. The van der Waals surface area contributed by atoms with Crippen molar-refractivity contribution in [1.29, 1.82) is 0 Å². The molecule has 0 saturated carbocycles. The number of halogens is 1. The number of likely N-dealkylation sites (N-methyl/N-ethyl adjacent to an activating group) is 1. The van der Waals surface area contributed by atoms with Gasteiger partial charge in [-0.05, 0) is 42.7 Å². The van der Waals surface area contributed by atoms with Gasteiger partial charge in [0.1, 0.15) is 5.69 Å². The molecule has 170 valence electrons. The van der Waals surface area contributed by atoms with Crippen molar-refractivity contribution >= 4 is 41.0 Å². The van der Waals surface area contributed by atoms with E-state index in [4.69, 9.17) is 16.6 Å². The fourth-order valence-corrected chi connectivity index (χ4v) is 4.95. The highest BCUT2D eigenvalue weighted by Crippen LogP contribution is 2.29. The van der Waals surface area contributed by atoms with E-state index in [9.17, 15) is 9.59 Å². The molecule has 1 saturated heterocycles. The molecule has 0 N–H and O–H groups in total. The zero-order valence-corrected chi connectivity index (χ0v) is 19.6. The highest BCUT2D eigenvalue weighted by Gasteiger charge is 2.54. The lowest BCUT2D eigenvalue weighted by Crippen LogP contribution is -2.63. The molecule has 3 amide bonds. The summed E-state index contributed by atoms with van der Waals surface area (Å²) in [6.45, 7) is 4.05. The summed E-state index contributed by atoms with van der Waals surface area (Å²) in [6, 6.07) is 16.9. The minimum absolute atomic E-state index is 0.190. The van der Waals surface area contributed by atoms with Crippen LogP contribution in [-0.4, -0.2) is 70.8 Å². The Morgan fingerprint density at radius 1 is 1.09 bits per heavy atom. The molecule has 0 aliphatic carbocycles. The second kappa shape index (κ2) is 8.63. The third-order valence-electron chi connectivity index (χ3n) is 6.46. The Hall–Kier alpha value is -3.19. The predicted octanol–water partition coefficient (Wildman–Crippen LogP) is 3.47. The van der Waals surface area contributed by atoms with Gasteiger partial charge < -0.3 is 0 Å². The maximum Gasteiger partial charge on any atom is 0.397 e. The number of benzene rings is 2. The molecule has 0 bridgehead atoms. The molecule has 0 spiro atoms. The van der Waals surface area contributed by atoms with Crippen molar-refractivity contribution in [1.82, 2.24) is 9.80 Å². The summed E-state index contributed by atoms with van der Waals surface area (Å²) in [5, 5.41) is 0.670. The summed E-state index contributed by atoms with van der Waals surface area (Å²) < 4.78 is 2.05. The number of carbonyl (C=O) groups is 2. The van der Waals surface area contributed by atoms with Gasteiger partial charge in [-0.25, -0.2) is 14.3 Å². The third kappa shape index (κ3) is 3.91. The first kappa shape index (κ1) is 21.6. The number of hydrogen-bond acceptors (Lipinski definition) is 4. The van der Waals surface area contributed by atoms with E-state index in [1.807, 2.05) is 47.0 Å². The molecule has 7 nitrogen and oxygen atoms in total. The van der Waals surface area contributed by atoms with Crippen LogP contribution in [0.25, 0.3) is 0 Å².